The van der Waals surface area contributed by atoms with Crippen LogP contribution in [0.15, 0.2) is 23.8 Å². The second-order valence-corrected chi connectivity index (χ2v) is 4.13. The Kier molecular flexibility index (Phi) is 4.30. The SMILES string of the molecule is CC(C)/C(=C/c1ccc(Cl)cc1F)CO. The van der Waals surface area contributed by atoms with Crippen molar-refractivity contribution in [2.75, 3.05) is 6.61 Å². The van der Waals surface area contributed by atoms with Crippen LogP contribution in [0.3, 0.4) is 0 Å². The Hall–Kier alpha value is -0.860. The fraction of sp³-hybridized carbons (Fsp3) is 0.333. The van der Waals surface area contributed by atoms with Crippen molar-refractivity contribution >= 4 is 17.7 Å². The van der Waals surface area contributed by atoms with E-state index in [0.29, 0.717) is 10.6 Å². The molecular formula is C12H14ClFO. The molecule has 3 heteroatoms. The fourth-order valence-corrected chi connectivity index (χ4v) is 1.37. The van der Waals surface area contributed by atoms with Crippen molar-refractivity contribution in [3.63, 3.8) is 0 Å². The van der Waals surface area contributed by atoms with Gasteiger partial charge in [-0.25, -0.2) is 4.39 Å². The molecule has 0 atom stereocenters. The summed E-state index contributed by atoms with van der Waals surface area (Å²) >= 11 is 5.64. The van der Waals surface area contributed by atoms with Crippen molar-refractivity contribution in [3.8, 4) is 0 Å². The normalized spacial score (nSPS) is 12.3. The standard InChI is InChI=1S/C12H14ClFO/c1-8(2)10(7-15)5-9-3-4-11(13)6-12(9)14/h3-6,8,15H,7H2,1-2H3/b10-5+. The molecule has 82 valence electrons. The highest BCUT2D eigenvalue weighted by molar-refractivity contribution is 6.30. The number of hydrogen-bond donors (Lipinski definition) is 1. The average molecular weight is 229 g/mol. The van der Waals surface area contributed by atoms with Crippen LogP contribution < -0.4 is 0 Å². The molecule has 1 aromatic carbocycles. The predicted molar refractivity (Wildman–Crippen MR) is 61.3 cm³/mol. The Morgan fingerprint density at radius 1 is 1.53 bits per heavy atom. The van der Waals surface area contributed by atoms with Gasteiger partial charge in [0.15, 0.2) is 0 Å². The number of halogens is 2. The van der Waals surface area contributed by atoms with Gasteiger partial charge >= 0.3 is 0 Å². The molecular weight excluding hydrogens is 215 g/mol. The summed E-state index contributed by atoms with van der Waals surface area (Å²) in [6.45, 7) is 3.85. The first-order valence-corrected chi connectivity index (χ1v) is 5.18. The van der Waals surface area contributed by atoms with E-state index < -0.39 is 0 Å². The number of rotatable bonds is 3. The van der Waals surface area contributed by atoms with Crippen molar-refractivity contribution in [3.05, 3.63) is 40.2 Å². The maximum atomic E-state index is 13.4. The molecule has 0 aliphatic heterocycles. The van der Waals surface area contributed by atoms with Gasteiger partial charge in [0.2, 0.25) is 0 Å². The molecule has 0 saturated heterocycles. The van der Waals surface area contributed by atoms with Crippen LogP contribution in [0.4, 0.5) is 4.39 Å². The molecule has 0 bridgehead atoms. The van der Waals surface area contributed by atoms with Crippen LogP contribution >= 0.6 is 11.6 Å². The largest absolute Gasteiger partial charge is 0.392 e. The molecule has 0 spiro atoms. The van der Waals surface area contributed by atoms with E-state index in [1.165, 1.54) is 6.07 Å². The minimum Gasteiger partial charge on any atom is -0.392 e. The summed E-state index contributed by atoms with van der Waals surface area (Å²) in [6, 6.07) is 4.50. The van der Waals surface area contributed by atoms with E-state index in [4.69, 9.17) is 16.7 Å². The molecule has 0 amide bonds. The Morgan fingerprint density at radius 2 is 2.20 bits per heavy atom. The van der Waals surface area contributed by atoms with Gasteiger partial charge in [-0.3, -0.25) is 0 Å². The molecule has 1 nitrogen and oxygen atoms in total. The monoisotopic (exact) mass is 228 g/mol. The van der Waals surface area contributed by atoms with Crippen molar-refractivity contribution in [1.29, 1.82) is 0 Å². The quantitative estimate of drug-likeness (QED) is 0.840. The highest BCUT2D eigenvalue weighted by Gasteiger charge is 2.05. The summed E-state index contributed by atoms with van der Waals surface area (Å²) in [5, 5.41) is 9.46. The van der Waals surface area contributed by atoms with E-state index in [-0.39, 0.29) is 18.3 Å². The maximum absolute atomic E-state index is 13.4. The van der Waals surface area contributed by atoms with Gasteiger partial charge in [0.05, 0.1) is 6.61 Å². The summed E-state index contributed by atoms with van der Waals surface area (Å²) in [4.78, 5) is 0. The third kappa shape index (κ3) is 3.33. The molecule has 1 N–H and O–H groups in total. The molecule has 0 unspecified atom stereocenters. The van der Waals surface area contributed by atoms with Crippen LogP contribution in [0.1, 0.15) is 19.4 Å². The fourth-order valence-electron chi connectivity index (χ4n) is 1.21. The Balaban J connectivity index is 3.06. The van der Waals surface area contributed by atoms with Crippen LogP contribution in [-0.4, -0.2) is 11.7 Å². The van der Waals surface area contributed by atoms with Gasteiger partial charge in [-0.1, -0.05) is 37.6 Å². The Labute approximate surface area is 94.2 Å². The highest BCUT2D eigenvalue weighted by atomic mass is 35.5. The van der Waals surface area contributed by atoms with Crippen LogP contribution in [0, 0.1) is 11.7 Å². The van der Waals surface area contributed by atoms with Gasteiger partial charge in [0, 0.05) is 10.6 Å². The van der Waals surface area contributed by atoms with E-state index in [9.17, 15) is 4.39 Å². The topological polar surface area (TPSA) is 20.2 Å². The van der Waals surface area contributed by atoms with Gasteiger partial charge < -0.3 is 5.11 Å². The Bertz CT molecular complexity index is 372. The van der Waals surface area contributed by atoms with Crippen LogP contribution in [-0.2, 0) is 0 Å². The highest BCUT2D eigenvalue weighted by Crippen LogP contribution is 2.19. The third-order valence-electron chi connectivity index (χ3n) is 2.23. The first-order valence-electron chi connectivity index (χ1n) is 4.81. The zero-order valence-electron chi connectivity index (χ0n) is 8.80. The van der Waals surface area contributed by atoms with Crippen molar-refractivity contribution in [1.82, 2.24) is 0 Å². The molecule has 0 saturated carbocycles. The lowest BCUT2D eigenvalue weighted by Gasteiger charge is -2.08. The molecule has 0 aliphatic carbocycles. The van der Waals surface area contributed by atoms with Crippen LogP contribution in [0.25, 0.3) is 6.08 Å². The van der Waals surface area contributed by atoms with Crippen LogP contribution in [0.5, 0.6) is 0 Å². The number of aliphatic hydroxyl groups excluding tert-OH is 1. The van der Waals surface area contributed by atoms with E-state index >= 15 is 0 Å². The maximum Gasteiger partial charge on any atom is 0.131 e. The van der Waals surface area contributed by atoms with Crippen molar-refractivity contribution < 1.29 is 9.50 Å². The molecule has 1 rings (SSSR count). The molecule has 0 aromatic heterocycles. The lowest BCUT2D eigenvalue weighted by atomic mass is 10.0. The summed E-state index contributed by atoms with van der Waals surface area (Å²) in [7, 11) is 0. The summed E-state index contributed by atoms with van der Waals surface area (Å²) < 4.78 is 13.4. The van der Waals surface area contributed by atoms with Gasteiger partial charge in [0.1, 0.15) is 5.82 Å². The van der Waals surface area contributed by atoms with Crippen LogP contribution in [0.2, 0.25) is 5.02 Å². The van der Waals surface area contributed by atoms with Gasteiger partial charge in [-0.05, 0) is 23.6 Å². The number of benzene rings is 1. The Morgan fingerprint density at radius 3 is 2.67 bits per heavy atom. The molecule has 1 aromatic rings. The van der Waals surface area contributed by atoms with Crippen molar-refractivity contribution in [2.24, 2.45) is 5.92 Å². The van der Waals surface area contributed by atoms with E-state index in [1.54, 1.807) is 18.2 Å². The van der Waals surface area contributed by atoms with E-state index in [0.717, 1.165) is 5.57 Å². The molecule has 0 aliphatic rings. The number of hydrogen-bond acceptors (Lipinski definition) is 1. The minimum absolute atomic E-state index is 0.0558. The predicted octanol–water partition coefficient (Wildman–Crippen LogP) is 3.51. The summed E-state index contributed by atoms with van der Waals surface area (Å²) in [5.41, 5.74) is 1.26. The second kappa shape index (κ2) is 5.29. The molecule has 15 heavy (non-hydrogen) atoms. The first kappa shape index (κ1) is 12.2. The summed E-state index contributed by atoms with van der Waals surface area (Å²) in [6.07, 6.45) is 1.66. The zero-order chi connectivity index (χ0) is 11.4. The molecule has 0 fully saturated rings. The average Bonchev–Trinajstić information content (AvgIpc) is 2.16. The van der Waals surface area contributed by atoms with E-state index in [2.05, 4.69) is 0 Å². The third-order valence-corrected chi connectivity index (χ3v) is 2.46. The van der Waals surface area contributed by atoms with Gasteiger partial charge in [0.25, 0.3) is 0 Å². The smallest absolute Gasteiger partial charge is 0.131 e. The lowest BCUT2D eigenvalue weighted by Crippen LogP contribution is -1.99. The van der Waals surface area contributed by atoms with Gasteiger partial charge in [-0.15, -0.1) is 0 Å². The van der Waals surface area contributed by atoms with Gasteiger partial charge in [-0.2, -0.15) is 0 Å². The minimum atomic E-state index is -0.367. The molecule has 0 radical (unpaired) electrons. The summed E-state index contributed by atoms with van der Waals surface area (Å²) in [5.74, 6) is -0.167. The second-order valence-electron chi connectivity index (χ2n) is 3.70. The lowest BCUT2D eigenvalue weighted by molar-refractivity contribution is 0.320. The zero-order valence-corrected chi connectivity index (χ0v) is 9.55. The van der Waals surface area contributed by atoms with Crippen molar-refractivity contribution in [2.45, 2.75) is 13.8 Å². The first-order chi connectivity index (χ1) is 7.04. The molecule has 0 heterocycles. The number of aliphatic hydroxyl groups is 1. The van der Waals surface area contributed by atoms with E-state index in [1.807, 2.05) is 13.8 Å².